The van der Waals surface area contributed by atoms with Crippen LogP contribution in [-0.2, 0) is 11.2 Å². The number of likely N-dealkylation sites (tertiary alicyclic amines) is 1. The lowest BCUT2D eigenvalue weighted by molar-refractivity contribution is -0.143. The van der Waals surface area contributed by atoms with Crippen molar-refractivity contribution in [2.24, 2.45) is 5.41 Å². The molecule has 1 atom stereocenters. The van der Waals surface area contributed by atoms with Crippen molar-refractivity contribution in [2.45, 2.75) is 19.3 Å². The van der Waals surface area contributed by atoms with E-state index in [0.717, 1.165) is 42.9 Å². The summed E-state index contributed by atoms with van der Waals surface area (Å²) in [6.07, 6.45) is 2.50. The van der Waals surface area contributed by atoms with Gasteiger partial charge in [0.15, 0.2) is 0 Å². The fourth-order valence-corrected chi connectivity index (χ4v) is 3.71. The third kappa shape index (κ3) is 3.36. The lowest BCUT2D eigenvalue weighted by Gasteiger charge is -2.41. The highest BCUT2D eigenvalue weighted by atomic mass is 16.5. The first kappa shape index (κ1) is 16.7. The lowest BCUT2D eigenvalue weighted by Crippen LogP contribution is -2.51. The minimum atomic E-state index is -0.427. The van der Waals surface area contributed by atoms with Gasteiger partial charge in [-0.05, 0) is 26.4 Å². The van der Waals surface area contributed by atoms with E-state index in [1.165, 1.54) is 0 Å². The van der Waals surface area contributed by atoms with Crippen LogP contribution in [0, 0.1) is 5.41 Å². The van der Waals surface area contributed by atoms with Gasteiger partial charge in [0, 0.05) is 38.7 Å². The summed E-state index contributed by atoms with van der Waals surface area (Å²) in [6.45, 7) is 1.79. The highest BCUT2D eigenvalue weighted by Gasteiger charge is 2.43. The van der Waals surface area contributed by atoms with Gasteiger partial charge >= 0.3 is 0 Å². The number of benzene rings is 1. The monoisotopic (exact) mass is 327 g/mol. The molecule has 1 aromatic heterocycles. The summed E-state index contributed by atoms with van der Waals surface area (Å²) in [6, 6.07) is 11.9. The Bertz CT molecular complexity index is 696. The van der Waals surface area contributed by atoms with Crippen LogP contribution < -0.4 is 0 Å². The second-order valence-corrected chi connectivity index (χ2v) is 7.04. The fourth-order valence-electron chi connectivity index (χ4n) is 3.71. The zero-order valence-electron chi connectivity index (χ0n) is 14.7. The van der Waals surface area contributed by atoms with Crippen LogP contribution in [0.25, 0.3) is 11.3 Å². The normalized spacial score (nSPS) is 21.6. The minimum Gasteiger partial charge on any atom is -0.361 e. The van der Waals surface area contributed by atoms with Gasteiger partial charge in [-0.1, -0.05) is 35.5 Å². The molecule has 24 heavy (non-hydrogen) atoms. The highest BCUT2D eigenvalue weighted by Crippen LogP contribution is 2.35. The van der Waals surface area contributed by atoms with E-state index in [4.69, 9.17) is 4.52 Å². The van der Waals surface area contributed by atoms with Crippen LogP contribution in [0.5, 0.6) is 0 Å². The molecule has 2 heterocycles. The number of aromatic nitrogens is 1. The van der Waals surface area contributed by atoms with Crippen molar-refractivity contribution >= 4 is 5.91 Å². The van der Waals surface area contributed by atoms with Crippen molar-refractivity contribution in [3.63, 3.8) is 0 Å². The van der Waals surface area contributed by atoms with Gasteiger partial charge in [0.1, 0.15) is 11.5 Å². The molecule has 0 aliphatic carbocycles. The highest BCUT2D eigenvalue weighted by molar-refractivity contribution is 5.83. The number of nitrogens with zero attached hydrogens (tertiary/aromatic N) is 3. The number of carbonyl (C=O) groups excluding carboxylic acids is 1. The Morgan fingerprint density at radius 3 is 2.75 bits per heavy atom. The number of carbonyl (C=O) groups is 1. The van der Waals surface area contributed by atoms with Gasteiger partial charge in [-0.3, -0.25) is 4.79 Å². The molecule has 128 valence electrons. The van der Waals surface area contributed by atoms with E-state index in [1.807, 2.05) is 50.5 Å². The average molecular weight is 327 g/mol. The van der Waals surface area contributed by atoms with Gasteiger partial charge in [0.25, 0.3) is 0 Å². The number of hydrogen-bond donors (Lipinski definition) is 0. The van der Waals surface area contributed by atoms with E-state index in [9.17, 15) is 4.79 Å². The molecule has 1 amide bonds. The molecule has 1 aliphatic heterocycles. The van der Waals surface area contributed by atoms with Gasteiger partial charge in [0.05, 0.1) is 5.41 Å². The number of amides is 1. The van der Waals surface area contributed by atoms with Gasteiger partial charge in [-0.25, -0.2) is 0 Å². The van der Waals surface area contributed by atoms with E-state index in [1.54, 1.807) is 4.90 Å². The molecule has 0 saturated carbocycles. The third-order valence-electron chi connectivity index (χ3n) is 4.77. The van der Waals surface area contributed by atoms with Gasteiger partial charge in [0.2, 0.25) is 5.91 Å². The minimum absolute atomic E-state index is 0.173. The maximum absolute atomic E-state index is 12.9. The van der Waals surface area contributed by atoms with Crippen molar-refractivity contribution in [2.75, 3.05) is 34.2 Å². The summed E-state index contributed by atoms with van der Waals surface area (Å²) in [5.41, 5.74) is 1.42. The Balaban J connectivity index is 1.86. The second-order valence-electron chi connectivity index (χ2n) is 7.04. The fraction of sp³-hybridized carbons (Fsp3) is 0.474. The Morgan fingerprint density at radius 2 is 2.08 bits per heavy atom. The summed E-state index contributed by atoms with van der Waals surface area (Å²) < 4.78 is 5.57. The van der Waals surface area contributed by atoms with Crippen LogP contribution in [0.2, 0.25) is 0 Å². The molecule has 0 bridgehead atoms. The predicted octanol–water partition coefficient (Wildman–Crippen LogP) is 2.68. The number of piperidine rings is 1. The largest absolute Gasteiger partial charge is 0.361 e. The second kappa shape index (κ2) is 6.77. The Morgan fingerprint density at radius 1 is 1.33 bits per heavy atom. The van der Waals surface area contributed by atoms with Crippen LogP contribution in [-0.4, -0.2) is 55.1 Å². The Kier molecular flexibility index (Phi) is 4.71. The Labute approximate surface area is 143 Å². The van der Waals surface area contributed by atoms with Crippen molar-refractivity contribution in [3.05, 3.63) is 42.2 Å². The molecular weight excluding hydrogens is 302 g/mol. The third-order valence-corrected chi connectivity index (χ3v) is 4.77. The van der Waals surface area contributed by atoms with Crippen molar-refractivity contribution in [1.82, 2.24) is 15.0 Å². The van der Waals surface area contributed by atoms with E-state index in [-0.39, 0.29) is 5.91 Å². The smallest absolute Gasteiger partial charge is 0.230 e. The maximum Gasteiger partial charge on any atom is 0.230 e. The summed E-state index contributed by atoms with van der Waals surface area (Å²) in [4.78, 5) is 16.8. The SMILES string of the molecule is CN1CCC[C@](Cc2cc(-c3ccccc3)no2)(C(=O)N(C)C)C1. The molecule has 0 N–H and O–H groups in total. The van der Waals surface area contributed by atoms with Gasteiger partial charge in [-0.15, -0.1) is 0 Å². The lowest BCUT2D eigenvalue weighted by atomic mass is 9.75. The molecule has 1 saturated heterocycles. The van der Waals surface area contributed by atoms with Gasteiger partial charge in [-0.2, -0.15) is 0 Å². The maximum atomic E-state index is 12.9. The molecular formula is C19H25N3O2. The molecule has 0 radical (unpaired) electrons. The topological polar surface area (TPSA) is 49.6 Å². The summed E-state index contributed by atoms with van der Waals surface area (Å²) in [7, 11) is 5.73. The molecule has 3 rings (SSSR count). The van der Waals surface area contributed by atoms with Crippen LogP contribution in [0.15, 0.2) is 40.9 Å². The van der Waals surface area contributed by atoms with E-state index < -0.39 is 5.41 Å². The molecule has 1 aliphatic rings. The molecule has 1 aromatic carbocycles. The number of hydrogen-bond acceptors (Lipinski definition) is 4. The van der Waals surface area contributed by atoms with Crippen LogP contribution in [0.1, 0.15) is 18.6 Å². The standard InChI is InChI=1S/C19H25N3O2/c1-21(2)18(23)19(10-7-11-22(3)14-19)13-16-12-17(20-24-16)15-8-5-4-6-9-15/h4-6,8-9,12H,7,10-11,13-14H2,1-3H3/t19-/m1/s1. The van der Waals surface area contributed by atoms with Gasteiger partial charge < -0.3 is 14.3 Å². The summed E-state index contributed by atoms with van der Waals surface area (Å²) >= 11 is 0. The zero-order valence-corrected chi connectivity index (χ0v) is 14.7. The molecule has 5 nitrogen and oxygen atoms in total. The van der Waals surface area contributed by atoms with Crippen molar-refractivity contribution < 1.29 is 9.32 Å². The van der Waals surface area contributed by atoms with E-state index in [2.05, 4.69) is 17.1 Å². The van der Waals surface area contributed by atoms with Crippen LogP contribution in [0.3, 0.4) is 0 Å². The average Bonchev–Trinajstić information content (AvgIpc) is 3.03. The molecule has 0 unspecified atom stereocenters. The molecule has 2 aromatic rings. The first-order chi connectivity index (χ1) is 11.5. The van der Waals surface area contributed by atoms with E-state index >= 15 is 0 Å². The molecule has 0 spiro atoms. The predicted molar refractivity (Wildman–Crippen MR) is 93.5 cm³/mol. The first-order valence-electron chi connectivity index (χ1n) is 8.41. The van der Waals surface area contributed by atoms with Crippen molar-refractivity contribution in [1.29, 1.82) is 0 Å². The van der Waals surface area contributed by atoms with Crippen LogP contribution >= 0.6 is 0 Å². The summed E-state index contributed by atoms with van der Waals surface area (Å²) in [5.74, 6) is 0.950. The summed E-state index contributed by atoms with van der Waals surface area (Å²) in [5, 5.41) is 4.19. The Hall–Kier alpha value is -2.14. The van der Waals surface area contributed by atoms with E-state index in [0.29, 0.717) is 6.42 Å². The van der Waals surface area contributed by atoms with Crippen molar-refractivity contribution in [3.8, 4) is 11.3 Å². The first-order valence-corrected chi connectivity index (χ1v) is 8.41. The molecule has 5 heteroatoms. The van der Waals surface area contributed by atoms with Crippen LogP contribution in [0.4, 0.5) is 0 Å². The zero-order chi connectivity index (χ0) is 17.2. The molecule has 1 fully saturated rings. The number of rotatable bonds is 4. The quantitative estimate of drug-likeness (QED) is 0.866.